The van der Waals surface area contributed by atoms with Gasteiger partial charge in [0.1, 0.15) is 11.9 Å². The van der Waals surface area contributed by atoms with Gasteiger partial charge in [0.25, 0.3) is 0 Å². The third-order valence-electron chi connectivity index (χ3n) is 4.19. The summed E-state index contributed by atoms with van der Waals surface area (Å²) in [6.07, 6.45) is 2.36. The maximum atomic E-state index is 12.0. The summed E-state index contributed by atoms with van der Waals surface area (Å²) in [6.45, 7) is 1.63. The number of hydrogen-bond donors (Lipinski definition) is 0. The molecule has 0 aromatic heterocycles. The summed E-state index contributed by atoms with van der Waals surface area (Å²) in [7, 11) is 1.62. The molecule has 3 aliphatic rings. The van der Waals surface area contributed by atoms with Crippen LogP contribution in [0.2, 0.25) is 0 Å². The third kappa shape index (κ3) is 2.71. The molecular formula is C17H18O5. The molecule has 2 aliphatic heterocycles. The number of carbonyl (C=O) groups excluding carboxylic acids is 2. The summed E-state index contributed by atoms with van der Waals surface area (Å²) >= 11 is 0. The fourth-order valence-electron chi connectivity index (χ4n) is 3.04. The standard InChI is InChI=1S/C17H18O5/c1-10(18)21-9-12-7-16-14(8-15(12)17(19)22-16)11-3-5-13(20-2)6-4-11/h3-6,8,12,15-16H,7,9H2,1-2H3/t12-,15-,16-/m0/s1. The van der Waals surface area contributed by atoms with Gasteiger partial charge in [-0.2, -0.15) is 0 Å². The highest BCUT2D eigenvalue weighted by molar-refractivity contribution is 5.86. The molecule has 3 atom stereocenters. The van der Waals surface area contributed by atoms with Crippen LogP contribution in [0.5, 0.6) is 5.75 Å². The molecule has 1 fully saturated rings. The van der Waals surface area contributed by atoms with Crippen LogP contribution in [0.3, 0.4) is 0 Å². The van der Waals surface area contributed by atoms with E-state index in [1.54, 1.807) is 7.11 Å². The largest absolute Gasteiger partial charge is 0.497 e. The third-order valence-corrected chi connectivity index (χ3v) is 4.19. The van der Waals surface area contributed by atoms with Gasteiger partial charge in [0.05, 0.1) is 19.6 Å². The number of hydrogen-bond acceptors (Lipinski definition) is 5. The summed E-state index contributed by atoms with van der Waals surface area (Å²) in [5.41, 5.74) is 2.04. The quantitative estimate of drug-likeness (QED) is 0.798. The highest BCUT2D eigenvalue weighted by Gasteiger charge is 2.44. The van der Waals surface area contributed by atoms with Crippen molar-refractivity contribution in [1.82, 2.24) is 0 Å². The number of rotatable bonds is 4. The molecule has 0 saturated carbocycles. The summed E-state index contributed by atoms with van der Waals surface area (Å²) < 4.78 is 15.7. The van der Waals surface area contributed by atoms with Crippen LogP contribution in [0, 0.1) is 11.8 Å². The number of esters is 2. The summed E-state index contributed by atoms with van der Waals surface area (Å²) in [5.74, 6) is -0.117. The molecule has 5 nitrogen and oxygen atoms in total. The van der Waals surface area contributed by atoms with Gasteiger partial charge in [-0.25, -0.2) is 0 Å². The van der Waals surface area contributed by atoms with Crippen molar-refractivity contribution in [2.45, 2.75) is 19.4 Å². The van der Waals surface area contributed by atoms with Crippen molar-refractivity contribution in [2.75, 3.05) is 13.7 Å². The Morgan fingerprint density at radius 3 is 2.64 bits per heavy atom. The van der Waals surface area contributed by atoms with Crippen molar-refractivity contribution >= 4 is 17.5 Å². The summed E-state index contributed by atoms with van der Waals surface area (Å²) in [4.78, 5) is 22.9. The van der Waals surface area contributed by atoms with Gasteiger partial charge in [-0.05, 0) is 29.7 Å². The molecule has 2 heterocycles. The smallest absolute Gasteiger partial charge is 0.313 e. The topological polar surface area (TPSA) is 61.8 Å². The molecule has 1 aromatic rings. The Labute approximate surface area is 128 Å². The van der Waals surface area contributed by atoms with Crippen LogP contribution in [0.25, 0.3) is 5.57 Å². The van der Waals surface area contributed by atoms with E-state index >= 15 is 0 Å². The lowest BCUT2D eigenvalue weighted by Gasteiger charge is -2.40. The second-order valence-corrected chi connectivity index (χ2v) is 5.60. The predicted octanol–water partition coefficient (Wildman–Crippen LogP) is 2.20. The first-order valence-electron chi connectivity index (χ1n) is 7.28. The number of carbonyl (C=O) groups is 2. The van der Waals surface area contributed by atoms with Crippen LogP contribution in [-0.2, 0) is 19.1 Å². The second-order valence-electron chi connectivity index (χ2n) is 5.60. The van der Waals surface area contributed by atoms with Crippen molar-refractivity contribution in [3.63, 3.8) is 0 Å². The molecule has 0 radical (unpaired) electrons. The zero-order valence-corrected chi connectivity index (χ0v) is 12.6. The SMILES string of the molecule is COc1ccc(C2=C[C@@H]3C(=O)O[C@H]2C[C@H]3COC(C)=O)cc1. The van der Waals surface area contributed by atoms with Gasteiger partial charge < -0.3 is 14.2 Å². The number of ether oxygens (including phenoxy) is 3. The minimum absolute atomic E-state index is 0.00264. The van der Waals surface area contributed by atoms with Crippen LogP contribution in [0.1, 0.15) is 18.9 Å². The van der Waals surface area contributed by atoms with Gasteiger partial charge in [-0.1, -0.05) is 18.2 Å². The minimum atomic E-state index is -0.346. The zero-order chi connectivity index (χ0) is 15.7. The Morgan fingerprint density at radius 2 is 2.05 bits per heavy atom. The van der Waals surface area contributed by atoms with Gasteiger partial charge in [0.15, 0.2) is 0 Å². The molecule has 22 heavy (non-hydrogen) atoms. The summed E-state index contributed by atoms with van der Waals surface area (Å²) in [5, 5.41) is 0. The first kappa shape index (κ1) is 14.6. The van der Waals surface area contributed by atoms with Gasteiger partial charge in [0, 0.05) is 12.8 Å². The molecule has 5 heteroatoms. The normalized spacial score (nSPS) is 26.2. The highest BCUT2D eigenvalue weighted by atomic mass is 16.6. The van der Waals surface area contributed by atoms with E-state index in [9.17, 15) is 9.59 Å². The monoisotopic (exact) mass is 302 g/mol. The number of methoxy groups -OCH3 is 1. The Balaban J connectivity index is 1.82. The maximum absolute atomic E-state index is 12.0. The molecule has 1 aromatic carbocycles. The molecule has 1 saturated heterocycles. The second kappa shape index (κ2) is 5.83. The average molecular weight is 302 g/mol. The van der Waals surface area contributed by atoms with Gasteiger partial charge in [0.2, 0.25) is 0 Å². The van der Waals surface area contributed by atoms with E-state index in [4.69, 9.17) is 14.2 Å². The first-order chi connectivity index (χ1) is 10.6. The molecule has 116 valence electrons. The van der Waals surface area contributed by atoms with Gasteiger partial charge >= 0.3 is 11.9 Å². The molecule has 1 aliphatic carbocycles. The van der Waals surface area contributed by atoms with Crippen LogP contribution in [-0.4, -0.2) is 31.8 Å². The lowest BCUT2D eigenvalue weighted by molar-refractivity contribution is -0.164. The molecular weight excluding hydrogens is 284 g/mol. The maximum Gasteiger partial charge on any atom is 0.313 e. The van der Waals surface area contributed by atoms with Crippen molar-refractivity contribution in [3.8, 4) is 5.75 Å². The Morgan fingerprint density at radius 1 is 1.32 bits per heavy atom. The lowest BCUT2D eigenvalue weighted by atomic mass is 9.75. The Hall–Kier alpha value is -2.30. The van der Waals surface area contributed by atoms with Crippen molar-refractivity contribution in [3.05, 3.63) is 35.9 Å². The van der Waals surface area contributed by atoms with E-state index in [-0.39, 0.29) is 36.5 Å². The molecule has 0 spiro atoms. The van der Waals surface area contributed by atoms with E-state index in [2.05, 4.69) is 0 Å². The predicted molar refractivity (Wildman–Crippen MR) is 79.1 cm³/mol. The number of fused-ring (bicyclic) bond motifs is 2. The van der Waals surface area contributed by atoms with Crippen LogP contribution in [0.15, 0.2) is 30.3 Å². The van der Waals surface area contributed by atoms with E-state index in [1.165, 1.54) is 6.92 Å². The lowest BCUT2D eigenvalue weighted by Crippen LogP contribution is -2.44. The van der Waals surface area contributed by atoms with Crippen molar-refractivity contribution in [1.29, 1.82) is 0 Å². The van der Waals surface area contributed by atoms with Gasteiger partial charge in [-0.3, -0.25) is 9.59 Å². The molecule has 2 bridgehead atoms. The van der Waals surface area contributed by atoms with Crippen molar-refractivity contribution in [2.24, 2.45) is 11.8 Å². The van der Waals surface area contributed by atoms with Crippen LogP contribution >= 0.6 is 0 Å². The molecule has 0 amide bonds. The zero-order valence-electron chi connectivity index (χ0n) is 12.6. The highest BCUT2D eigenvalue weighted by Crippen LogP contribution is 2.42. The minimum Gasteiger partial charge on any atom is -0.497 e. The molecule has 0 unspecified atom stereocenters. The summed E-state index contributed by atoms with van der Waals surface area (Å²) in [6, 6.07) is 7.69. The Kier molecular flexibility index (Phi) is 3.88. The van der Waals surface area contributed by atoms with E-state index < -0.39 is 0 Å². The van der Waals surface area contributed by atoms with E-state index in [1.807, 2.05) is 30.3 Å². The fourth-order valence-corrected chi connectivity index (χ4v) is 3.04. The number of benzene rings is 1. The van der Waals surface area contributed by atoms with Crippen LogP contribution < -0.4 is 4.74 Å². The van der Waals surface area contributed by atoms with Gasteiger partial charge in [-0.15, -0.1) is 0 Å². The Bertz CT molecular complexity index is 616. The first-order valence-corrected chi connectivity index (χ1v) is 7.28. The molecule has 4 rings (SSSR count). The van der Waals surface area contributed by atoms with E-state index in [0.717, 1.165) is 16.9 Å². The van der Waals surface area contributed by atoms with E-state index in [0.29, 0.717) is 6.42 Å². The van der Waals surface area contributed by atoms with Crippen LogP contribution in [0.4, 0.5) is 0 Å². The fraction of sp³-hybridized carbons (Fsp3) is 0.412. The van der Waals surface area contributed by atoms with Crippen molar-refractivity contribution < 1.29 is 23.8 Å². The average Bonchev–Trinajstić information content (AvgIpc) is 2.53. The molecule has 0 N–H and O–H groups in total.